The summed E-state index contributed by atoms with van der Waals surface area (Å²) < 4.78 is 0. The first-order valence-electron chi connectivity index (χ1n) is 5.82. The van der Waals surface area contributed by atoms with Gasteiger partial charge < -0.3 is 10.2 Å². The number of nitro groups is 1. The third kappa shape index (κ3) is 3.80. The number of benzene rings is 1. The second kappa shape index (κ2) is 6.53. The van der Waals surface area contributed by atoms with E-state index < -0.39 is 4.92 Å². The molecule has 19 heavy (non-hydrogen) atoms. The number of rotatable bonds is 6. The smallest absolute Gasteiger partial charge is 0.292 e. The van der Waals surface area contributed by atoms with Crippen LogP contribution in [0.4, 0.5) is 11.4 Å². The molecule has 0 radical (unpaired) electrons. The Hall–Kier alpha value is -2.37. The highest BCUT2D eigenvalue weighted by molar-refractivity contribution is 5.95. The van der Waals surface area contributed by atoms with Gasteiger partial charge in [-0.05, 0) is 18.6 Å². The second-order valence-corrected chi connectivity index (χ2v) is 4.19. The van der Waals surface area contributed by atoms with E-state index in [1.54, 1.807) is 20.2 Å². The number of nitro benzene ring substituents is 1. The van der Waals surface area contributed by atoms with Crippen molar-refractivity contribution < 1.29 is 9.72 Å². The number of hydrogen-bond acceptors (Lipinski definition) is 4. The Morgan fingerprint density at radius 2 is 2.21 bits per heavy atom. The molecule has 0 aliphatic heterocycles. The molecule has 0 unspecified atom stereocenters. The number of carbonyl (C=O) groups excluding carboxylic acids is 1. The molecule has 0 spiro atoms. The largest absolute Gasteiger partial charge is 0.379 e. The van der Waals surface area contributed by atoms with Gasteiger partial charge in [0.1, 0.15) is 5.69 Å². The molecule has 1 N–H and O–H groups in total. The summed E-state index contributed by atoms with van der Waals surface area (Å²) >= 11 is 0. The molecule has 0 atom stereocenters. The van der Waals surface area contributed by atoms with Gasteiger partial charge in [0.05, 0.1) is 4.92 Å². The van der Waals surface area contributed by atoms with Crippen molar-refractivity contribution in [3.63, 3.8) is 0 Å². The van der Waals surface area contributed by atoms with Crippen molar-refractivity contribution in [2.75, 3.05) is 26.0 Å². The third-order valence-corrected chi connectivity index (χ3v) is 2.51. The number of hydrogen-bond donors (Lipinski definition) is 1. The van der Waals surface area contributed by atoms with Crippen LogP contribution in [0, 0.1) is 10.1 Å². The number of nitrogens with one attached hydrogen (secondary N) is 1. The van der Waals surface area contributed by atoms with Crippen molar-refractivity contribution in [3.8, 4) is 0 Å². The molecule has 0 aromatic heterocycles. The van der Waals surface area contributed by atoms with Crippen LogP contribution in [-0.2, 0) is 0 Å². The van der Waals surface area contributed by atoms with E-state index in [1.807, 2.05) is 0 Å². The number of amides is 1. The molecular weight excluding hydrogens is 246 g/mol. The van der Waals surface area contributed by atoms with E-state index in [-0.39, 0.29) is 11.6 Å². The van der Waals surface area contributed by atoms with Gasteiger partial charge in [0.2, 0.25) is 0 Å². The predicted molar refractivity (Wildman–Crippen MR) is 74.4 cm³/mol. The number of anilines is 1. The summed E-state index contributed by atoms with van der Waals surface area (Å²) in [6.45, 7) is 4.12. The minimum Gasteiger partial charge on any atom is -0.379 e. The van der Waals surface area contributed by atoms with E-state index in [9.17, 15) is 14.9 Å². The summed E-state index contributed by atoms with van der Waals surface area (Å²) in [5, 5.41) is 13.9. The topological polar surface area (TPSA) is 75.5 Å². The van der Waals surface area contributed by atoms with Crippen LogP contribution in [0.3, 0.4) is 0 Å². The van der Waals surface area contributed by atoms with Crippen LogP contribution in [0.5, 0.6) is 0 Å². The lowest BCUT2D eigenvalue weighted by Gasteiger charge is -2.12. The van der Waals surface area contributed by atoms with Gasteiger partial charge >= 0.3 is 0 Å². The van der Waals surface area contributed by atoms with Gasteiger partial charge in [-0.3, -0.25) is 14.9 Å². The molecule has 0 fully saturated rings. The highest BCUT2D eigenvalue weighted by atomic mass is 16.6. The van der Waals surface area contributed by atoms with Crippen LogP contribution in [-0.4, -0.2) is 36.4 Å². The quantitative estimate of drug-likeness (QED) is 0.370. The van der Waals surface area contributed by atoms with Crippen LogP contribution < -0.4 is 5.32 Å². The summed E-state index contributed by atoms with van der Waals surface area (Å²) in [7, 11) is 3.27. The number of nitrogens with zero attached hydrogens (tertiary/aromatic N) is 2. The molecule has 1 rings (SSSR count). The van der Waals surface area contributed by atoms with Crippen LogP contribution in [0.1, 0.15) is 16.8 Å². The lowest BCUT2D eigenvalue weighted by atomic mass is 10.1. The Labute approximate surface area is 111 Å². The number of carbonyl (C=O) groups is 1. The molecule has 6 heteroatoms. The Kier molecular flexibility index (Phi) is 5.05. The molecule has 0 aliphatic rings. The lowest BCUT2D eigenvalue weighted by Crippen LogP contribution is -2.21. The van der Waals surface area contributed by atoms with E-state index in [0.717, 1.165) is 0 Å². The Morgan fingerprint density at radius 1 is 1.53 bits per heavy atom. The van der Waals surface area contributed by atoms with Gasteiger partial charge in [0, 0.05) is 32.3 Å². The van der Waals surface area contributed by atoms with Crippen LogP contribution in [0.15, 0.2) is 30.9 Å². The van der Waals surface area contributed by atoms with Crippen molar-refractivity contribution in [2.24, 2.45) is 0 Å². The fourth-order valence-electron chi connectivity index (χ4n) is 1.54. The molecule has 1 aromatic rings. The zero-order valence-electron chi connectivity index (χ0n) is 11.0. The van der Waals surface area contributed by atoms with Gasteiger partial charge in [0.25, 0.3) is 11.6 Å². The SMILES string of the molecule is C=CCCNc1cc(C(=O)N(C)C)ccc1[N+](=O)[O-]. The summed E-state index contributed by atoms with van der Waals surface area (Å²) in [6.07, 6.45) is 2.40. The molecule has 6 nitrogen and oxygen atoms in total. The van der Waals surface area contributed by atoms with Crippen LogP contribution in [0.25, 0.3) is 0 Å². The summed E-state index contributed by atoms with van der Waals surface area (Å²) in [6, 6.07) is 4.30. The highest BCUT2D eigenvalue weighted by Gasteiger charge is 2.17. The fraction of sp³-hybridized carbons (Fsp3) is 0.308. The average molecular weight is 263 g/mol. The maximum absolute atomic E-state index is 11.8. The molecule has 0 aliphatic carbocycles. The second-order valence-electron chi connectivity index (χ2n) is 4.19. The first-order valence-corrected chi connectivity index (χ1v) is 5.82. The van der Waals surface area contributed by atoms with E-state index in [4.69, 9.17) is 0 Å². The van der Waals surface area contributed by atoms with Gasteiger partial charge in [-0.25, -0.2) is 0 Å². The molecule has 1 amide bonds. The van der Waals surface area contributed by atoms with E-state index in [1.165, 1.54) is 23.1 Å². The minimum absolute atomic E-state index is 0.0423. The standard InChI is InChI=1S/C13H17N3O3/c1-4-5-8-14-11-9-10(13(17)15(2)3)6-7-12(11)16(18)19/h4,6-7,9,14H,1,5,8H2,2-3H3. The lowest BCUT2D eigenvalue weighted by molar-refractivity contribution is -0.384. The van der Waals surface area contributed by atoms with Crippen LogP contribution >= 0.6 is 0 Å². The van der Waals surface area contributed by atoms with Crippen molar-refractivity contribution in [1.29, 1.82) is 0 Å². The summed E-state index contributed by atoms with van der Waals surface area (Å²) in [5.74, 6) is -0.193. The first kappa shape index (κ1) is 14.7. The van der Waals surface area contributed by atoms with Crippen molar-refractivity contribution >= 4 is 17.3 Å². The van der Waals surface area contributed by atoms with E-state index in [2.05, 4.69) is 11.9 Å². The maximum atomic E-state index is 11.8. The fourth-order valence-corrected chi connectivity index (χ4v) is 1.54. The monoisotopic (exact) mass is 263 g/mol. The molecule has 1 aromatic carbocycles. The third-order valence-electron chi connectivity index (χ3n) is 2.51. The summed E-state index contributed by atoms with van der Waals surface area (Å²) in [5.41, 5.74) is 0.718. The summed E-state index contributed by atoms with van der Waals surface area (Å²) in [4.78, 5) is 23.7. The Balaban J connectivity index is 3.07. The van der Waals surface area contributed by atoms with Gasteiger partial charge in [-0.1, -0.05) is 6.08 Å². The average Bonchev–Trinajstić information content (AvgIpc) is 2.37. The molecule has 0 saturated carbocycles. The van der Waals surface area contributed by atoms with Gasteiger partial charge in [-0.2, -0.15) is 0 Å². The normalized spacial score (nSPS) is 9.79. The van der Waals surface area contributed by atoms with E-state index in [0.29, 0.717) is 24.2 Å². The minimum atomic E-state index is -0.472. The van der Waals surface area contributed by atoms with Crippen LogP contribution in [0.2, 0.25) is 0 Å². The van der Waals surface area contributed by atoms with Crippen molar-refractivity contribution in [3.05, 3.63) is 46.5 Å². The maximum Gasteiger partial charge on any atom is 0.292 e. The predicted octanol–water partition coefficient (Wildman–Crippen LogP) is 2.28. The Morgan fingerprint density at radius 3 is 2.74 bits per heavy atom. The molecular formula is C13H17N3O3. The van der Waals surface area contributed by atoms with E-state index >= 15 is 0 Å². The van der Waals surface area contributed by atoms with Crippen molar-refractivity contribution in [2.45, 2.75) is 6.42 Å². The molecule has 0 heterocycles. The van der Waals surface area contributed by atoms with Gasteiger partial charge in [-0.15, -0.1) is 6.58 Å². The first-order chi connectivity index (χ1) is 8.97. The highest BCUT2D eigenvalue weighted by Crippen LogP contribution is 2.25. The zero-order valence-corrected chi connectivity index (χ0v) is 11.0. The molecule has 0 saturated heterocycles. The van der Waals surface area contributed by atoms with Crippen molar-refractivity contribution in [1.82, 2.24) is 4.90 Å². The molecule has 102 valence electrons. The van der Waals surface area contributed by atoms with Gasteiger partial charge in [0.15, 0.2) is 0 Å². The molecule has 0 bridgehead atoms. The zero-order chi connectivity index (χ0) is 14.4. The Bertz CT molecular complexity index is 498.